The Bertz CT molecular complexity index is 440. The van der Waals surface area contributed by atoms with Gasteiger partial charge in [0.15, 0.2) is 0 Å². The number of hydrogen-bond acceptors (Lipinski definition) is 2. The smallest absolute Gasteiger partial charge is 0.255 e. The number of para-hydroxylation sites is 1. The number of hydrogen-bond donors (Lipinski definition) is 2. The summed E-state index contributed by atoms with van der Waals surface area (Å²) < 4.78 is 0. The van der Waals surface area contributed by atoms with Gasteiger partial charge >= 0.3 is 0 Å². The van der Waals surface area contributed by atoms with Gasteiger partial charge in [-0.3, -0.25) is 4.79 Å². The van der Waals surface area contributed by atoms with Crippen molar-refractivity contribution < 1.29 is 9.90 Å². The second kappa shape index (κ2) is 5.01. The van der Waals surface area contributed by atoms with E-state index in [0.717, 1.165) is 19.3 Å². The van der Waals surface area contributed by atoms with Crippen molar-refractivity contribution in [3.05, 3.63) is 29.8 Å². The van der Waals surface area contributed by atoms with Gasteiger partial charge in [-0.2, -0.15) is 0 Å². The first-order valence-corrected chi connectivity index (χ1v) is 6.57. The van der Waals surface area contributed by atoms with Gasteiger partial charge in [0.2, 0.25) is 0 Å². The normalized spacial score (nSPS) is 22.4. The van der Waals surface area contributed by atoms with Crippen molar-refractivity contribution in [2.24, 2.45) is 5.41 Å². The highest BCUT2D eigenvalue weighted by Crippen LogP contribution is 2.35. The van der Waals surface area contributed by atoms with Gasteiger partial charge in [-0.25, -0.2) is 0 Å². The monoisotopic (exact) mass is 247 g/mol. The first-order chi connectivity index (χ1) is 8.48. The number of carbonyl (C=O) groups excluding carboxylic acids is 1. The van der Waals surface area contributed by atoms with Gasteiger partial charge in [0, 0.05) is 6.04 Å². The topological polar surface area (TPSA) is 49.3 Å². The lowest BCUT2D eigenvalue weighted by molar-refractivity contribution is 0.0900. The maximum Gasteiger partial charge on any atom is 0.255 e. The highest BCUT2D eigenvalue weighted by molar-refractivity contribution is 5.96. The Kier molecular flexibility index (Phi) is 3.60. The van der Waals surface area contributed by atoms with Crippen LogP contribution < -0.4 is 5.32 Å². The summed E-state index contributed by atoms with van der Waals surface area (Å²) in [7, 11) is 0. The van der Waals surface area contributed by atoms with Crippen LogP contribution in [0.3, 0.4) is 0 Å². The van der Waals surface area contributed by atoms with Crippen LogP contribution in [0.15, 0.2) is 24.3 Å². The molecule has 2 N–H and O–H groups in total. The van der Waals surface area contributed by atoms with Crippen LogP contribution in [0.2, 0.25) is 0 Å². The van der Waals surface area contributed by atoms with E-state index < -0.39 is 0 Å². The highest BCUT2D eigenvalue weighted by atomic mass is 16.3. The van der Waals surface area contributed by atoms with E-state index in [1.165, 1.54) is 6.42 Å². The summed E-state index contributed by atoms with van der Waals surface area (Å²) in [4.78, 5) is 12.1. The molecule has 0 saturated heterocycles. The Morgan fingerprint density at radius 1 is 1.39 bits per heavy atom. The summed E-state index contributed by atoms with van der Waals surface area (Å²) in [6, 6.07) is 6.90. The van der Waals surface area contributed by atoms with Gasteiger partial charge in [0.25, 0.3) is 5.91 Å². The Balaban J connectivity index is 2.02. The van der Waals surface area contributed by atoms with E-state index in [1.807, 2.05) is 0 Å². The fraction of sp³-hybridized carbons (Fsp3) is 0.533. The molecule has 1 saturated carbocycles. The molecule has 0 heterocycles. The van der Waals surface area contributed by atoms with Crippen LogP contribution in [-0.2, 0) is 0 Å². The zero-order chi connectivity index (χ0) is 13.2. The molecule has 3 nitrogen and oxygen atoms in total. The number of phenols is 1. The molecule has 1 amide bonds. The summed E-state index contributed by atoms with van der Waals surface area (Å²) in [6.07, 6.45) is 4.41. The number of phenolic OH excluding ortho intramolecular Hbond substituents is 1. The molecule has 1 unspecified atom stereocenters. The van der Waals surface area contributed by atoms with Gasteiger partial charge in [-0.15, -0.1) is 0 Å². The lowest BCUT2D eigenvalue weighted by atomic mass is 9.75. The lowest BCUT2D eigenvalue weighted by Gasteiger charge is -2.35. The van der Waals surface area contributed by atoms with E-state index in [-0.39, 0.29) is 17.7 Å². The number of amides is 1. The summed E-state index contributed by atoms with van der Waals surface area (Å²) >= 11 is 0. The van der Waals surface area contributed by atoms with E-state index in [2.05, 4.69) is 19.2 Å². The first kappa shape index (κ1) is 12.9. The van der Waals surface area contributed by atoms with Crippen molar-refractivity contribution in [2.75, 3.05) is 0 Å². The molecule has 0 spiro atoms. The van der Waals surface area contributed by atoms with Crippen molar-refractivity contribution in [1.29, 1.82) is 0 Å². The molecule has 0 aliphatic heterocycles. The molecule has 1 aromatic carbocycles. The molecule has 1 aliphatic carbocycles. The minimum absolute atomic E-state index is 0.0464. The van der Waals surface area contributed by atoms with Gasteiger partial charge in [0.1, 0.15) is 5.75 Å². The van der Waals surface area contributed by atoms with Gasteiger partial charge in [-0.05, 0) is 36.8 Å². The molecule has 98 valence electrons. The average Bonchev–Trinajstić information content (AvgIpc) is 2.28. The van der Waals surface area contributed by atoms with Crippen LogP contribution >= 0.6 is 0 Å². The van der Waals surface area contributed by atoms with E-state index in [9.17, 15) is 9.90 Å². The Morgan fingerprint density at radius 2 is 2.11 bits per heavy atom. The summed E-state index contributed by atoms with van der Waals surface area (Å²) in [5.41, 5.74) is 0.662. The first-order valence-electron chi connectivity index (χ1n) is 6.57. The van der Waals surface area contributed by atoms with Crippen LogP contribution in [0.5, 0.6) is 5.75 Å². The predicted molar refractivity (Wildman–Crippen MR) is 71.6 cm³/mol. The van der Waals surface area contributed by atoms with Crippen molar-refractivity contribution in [3.63, 3.8) is 0 Å². The minimum atomic E-state index is -0.171. The van der Waals surface area contributed by atoms with Gasteiger partial charge in [-0.1, -0.05) is 32.4 Å². The number of benzene rings is 1. The molecular weight excluding hydrogens is 226 g/mol. The molecule has 0 bridgehead atoms. The second-order valence-corrected chi connectivity index (χ2v) is 5.95. The third-order valence-corrected chi connectivity index (χ3v) is 3.69. The molecule has 1 aromatic rings. The zero-order valence-electron chi connectivity index (χ0n) is 11.1. The largest absolute Gasteiger partial charge is 0.507 e. The molecule has 1 aliphatic rings. The molecule has 0 aromatic heterocycles. The highest BCUT2D eigenvalue weighted by Gasteiger charge is 2.29. The summed E-state index contributed by atoms with van der Waals surface area (Å²) in [5, 5.41) is 12.7. The van der Waals surface area contributed by atoms with Crippen LogP contribution in [0.4, 0.5) is 0 Å². The van der Waals surface area contributed by atoms with E-state index >= 15 is 0 Å². The Morgan fingerprint density at radius 3 is 2.78 bits per heavy atom. The zero-order valence-corrected chi connectivity index (χ0v) is 11.1. The van der Waals surface area contributed by atoms with E-state index in [0.29, 0.717) is 11.0 Å². The maximum atomic E-state index is 12.1. The maximum absolute atomic E-state index is 12.1. The fourth-order valence-corrected chi connectivity index (χ4v) is 2.75. The third kappa shape index (κ3) is 3.03. The van der Waals surface area contributed by atoms with Crippen LogP contribution in [-0.4, -0.2) is 17.1 Å². The molecular formula is C15H21NO2. The van der Waals surface area contributed by atoms with Crippen LogP contribution in [0.25, 0.3) is 0 Å². The van der Waals surface area contributed by atoms with Crippen molar-refractivity contribution >= 4 is 5.91 Å². The van der Waals surface area contributed by atoms with Gasteiger partial charge in [0.05, 0.1) is 5.56 Å². The van der Waals surface area contributed by atoms with E-state index in [4.69, 9.17) is 0 Å². The van der Waals surface area contributed by atoms with Crippen LogP contribution in [0, 0.1) is 5.41 Å². The van der Waals surface area contributed by atoms with Crippen molar-refractivity contribution in [3.8, 4) is 5.75 Å². The predicted octanol–water partition coefficient (Wildman–Crippen LogP) is 3.09. The molecule has 0 radical (unpaired) electrons. The van der Waals surface area contributed by atoms with Crippen LogP contribution in [0.1, 0.15) is 49.9 Å². The Labute approximate surface area is 108 Å². The molecule has 2 rings (SSSR count). The average molecular weight is 247 g/mol. The Hall–Kier alpha value is -1.51. The van der Waals surface area contributed by atoms with Gasteiger partial charge < -0.3 is 10.4 Å². The number of aromatic hydroxyl groups is 1. The number of carbonyl (C=O) groups is 1. The summed E-state index contributed by atoms with van der Waals surface area (Å²) in [5.74, 6) is -0.124. The molecule has 1 atom stereocenters. The number of nitrogens with one attached hydrogen (secondary N) is 1. The standard InChI is InChI=1S/C15H21NO2/c1-15(2)9-5-6-11(10-15)16-14(18)12-7-3-4-8-13(12)17/h3-4,7-8,11,17H,5-6,9-10H2,1-2H3,(H,16,18). The molecule has 1 fully saturated rings. The number of rotatable bonds is 2. The second-order valence-electron chi connectivity index (χ2n) is 5.95. The molecule has 18 heavy (non-hydrogen) atoms. The molecule has 3 heteroatoms. The minimum Gasteiger partial charge on any atom is -0.507 e. The van der Waals surface area contributed by atoms with Crippen molar-refractivity contribution in [2.45, 2.75) is 45.6 Å². The van der Waals surface area contributed by atoms with Crippen molar-refractivity contribution in [1.82, 2.24) is 5.32 Å². The third-order valence-electron chi connectivity index (χ3n) is 3.69. The quantitative estimate of drug-likeness (QED) is 0.843. The summed E-state index contributed by atoms with van der Waals surface area (Å²) in [6.45, 7) is 4.48. The fourth-order valence-electron chi connectivity index (χ4n) is 2.75. The lowest BCUT2D eigenvalue weighted by Crippen LogP contribution is -2.40. The SMILES string of the molecule is CC1(C)CCCC(NC(=O)c2ccccc2O)C1. The van der Waals surface area contributed by atoms with E-state index in [1.54, 1.807) is 24.3 Å².